The molecule has 18 heavy (non-hydrogen) atoms. The summed E-state index contributed by atoms with van der Waals surface area (Å²) in [5, 5.41) is 0. The van der Waals surface area contributed by atoms with Crippen molar-refractivity contribution in [1.82, 2.24) is 9.97 Å². The van der Waals surface area contributed by atoms with Gasteiger partial charge in [-0.3, -0.25) is 0 Å². The lowest BCUT2D eigenvalue weighted by molar-refractivity contribution is -0.0132. The van der Waals surface area contributed by atoms with Crippen LogP contribution >= 0.6 is 0 Å². The predicted molar refractivity (Wildman–Crippen MR) is 65.5 cm³/mol. The topological polar surface area (TPSA) is 25.8 Å². The van der Waals surface area contributed by atoms with Crippen LogP contribution in [0.5, 0.6) is 0 Å². The number of rotatable bonds is 3. The van der Waals surface area contributed by atoms with E-state index >= 15 is 0 Å². The maximum atomic E-state index is 13.9. The molecule has 0 fully saturated rings. The molecule has 4 heteroatoms. The minimum absolute atomic E-state index is 0.379. The van der Waals surface area contributed by atoms with Crippen molar-refractivity contribution < 1.29 is 8.78 Å². The van der Waals surface area contributed by atoms with Crippen molar-refractivity contribution in [3.8, 4) is 0 Å². The highest BCUT2D eigenvalue weighted by atomic mass is 19.3. The van der Waals surface area contributed by atoms with Gasteiger partial charge in [0, 0.05) is 18.8 Å². The van der Waals surface area contributed by atoms with Crippen LogP contribution in [-0.2, 0) is 12.3 Å². The molecule has 1 heterocycles. The fraction of sp³-hybridized carbons (Fsp3) is 0.286. The molecule has 0 bridgehead atoms. The molecular formula is C14H14F2N2. The number of aromatic nitrogens is 2. The molecule has 0 saturated carbocycles. The first-order valence-corrected chi connectivity index (χ1v) is 5.70. The van der Waals surface area contributed by atoms with Crippen molar-refractivity contribution >= 4 is 0 Å². The van der Waals surface area contributed by atoms with Gasteiger partial charge in [0.2, 0.25) is 0 Å². The molecule has 0 amide bonds. The van der Waals surface area contributed by atoms with Crippen LogP contribution in [0.3, 0.4) is 0 Å². The average molecular weight is 248 g/mol. The molecule has 2 aromatic rings. The number of benzene rings is 1. The second kappa shape index (κ2) is 4.80. The van der Waals surface area contributed by atoms with Gasteiger partial charge in [0.25, 0.3) is 0 Å². The van der Waals surface area contributed by atoms with Gasteiger partial charge in [-0.15, -0.1) is 0 Å². The van der Waals surface area contributed by atoms with E-state index in [1.165, 1.54) is 12.4 Å². The maximum absolute atomic E-state index is 13.9. The summed E-state index contributed by atoms with van der Waals surface area (Å²) in [6.45, 7) is 3.69. The summed E-state index contributed by atoms with van der Waals surface area (Å²) < 4.78 is 27.9. The van der Waals surface area contributed by atoms with Gasteiger partial charge in [-0.1, -0.05) is 29.8 Å². The Hall–Kier alpha value is -1.84. The summed E-state index contributed by atoms with van der Waals surface area (Å²) in [5.74, 6) is -3.46. The van der Waals surface area contributed by atoms with Gasteiger partial charge in [0.1, 0.15) is 0 Å². The van der Waals surface area contributed by atoms with Crippen molar-refractivity contribution in [2.24, 2.45) is 0 Å². The van der Waals surface area contributed by atoms with E-state index in [9.17, 15) is 8.78 Å². The Balaban J connectivity index is 2.20. The molecule has 1 aromatic carbocycles. The summed E-state index contributed by atoms with van der Waals surface area (Å²) in [4.78, 5) is 7.41. The SMILES string of the molecule is Cc1ccc(CC(F)(F)c2ncc(C)cn2)cc1. The van der Waals surface area contributed by atoms with E-state index in [2.05, 4.69) is 9.97 Å². The lowest BCUT2D eigenvalue weighted by Crippen LogP contribution is -2.20. The van der Waals surface area contributed by atoms with Crippen LogP contribution in [0.4, 0.5) is 8.78 Å². The summed E-state index contributed by atoms with van der Waals surface area (Å²) in [6.07, 6.45) is 2.44. The van der Waals surface area contributed by atoms with E-state index in [0.29, 0.717) is 5.56 Å². The van der Waals surface area contributed by atoms with Crippen LogP contribution in [0.2, 0.25) is 0 Å². The molecule has 0 saturated heterocycles. The number of halogens is 2. The summed E-state index contributed by atoms with van der Waals surface area (Å²) in [5.41, 5.74) is 2.40. The molecule has 2 rings (SSSR count). The van der Waals surface area contributed by atoms with Gasteiger partial charge in [0.05, 0.1) is 0 Å². The highest BCUT2D eigenvalue weighted by Crippen LogP contribution is 2.29. The third-order valence-electron chi connectivity index (χ3n) is 2.65. The minimum Gasteiger partial charge on any atom is -0.235 e. The van der Waals surface area contributed by atoms with E-state index < -0.39 is 11.7 Å². The predicted octanol–water partition coefficient (Wildman–Crippen LogP) is 3.43. The number of hydrogen-bond acceptors (Lipinski definition) is 2. The number of nitrogens with zero attached hydrogens (tertiary/aromatic N) is 2. The van der Waals surface area contributed by atoms with E-state index in [1.54, 1.807) is 19.1 Å². The number of hydrogen-bond donors (Lipinski definition) is 0. The molecule has 0 aliphatic carbocycles. The molecule has 0 N–H and O–H groups in total. The number of alkyl halides is 2. The monoisotopic (exact) mass is 248 g/mol. The Labute approximate surface area is 105 Å². The highest BCUT2D eigenvalue weighted by molar-refractivity contribution is 5.23. The molecule has 0 radical (unpaired) electrons. The van der Waals surface area contributed by atoms with Crippen LogP contribution < -0.4 is 0 Å². The standard InChI is InChI=1S/C14H14F2N2/c1-10-3-5-12(6-4-10)7-14(15,16)13-17-8-11(2)9-18-13/h3-6,8-9H,7H2,1-2H3. The number of aryl methyl sites for hydroxylation is 2. The highest BCUT2D eigenvalue weighted by Gasteiger charge is 2.35. The first-order valence-electron chi connectivity index (χ1n) is 5.70. The quantitative estimate of drug-likeness (QED) is 0.831. The van der Waals surface area contributed by atoms with Crippen LogP contribution in [0.1, 0.15) is 22.5 Å². The second-order valence-corrected chi connectivity index (χ2v) is 4.45. The third kappa shape index (κ3) is 2.88. The van der Waals surface area contributed by atoms with Crippen LogP contribution in [0.15, 0.2) is 36.7 Å². The largest absolute Gasteiger partial charge is 0.310 e. The van der Waals surface area contributed by atoms with E-state index in [4.69, 9.17) is 0 Å². The first kappa shape index (κ1) is 12.6. The third-order valence-corrected chi connectivity index (χ3v) is 2.65. The minimum atomic E-state index is -3.04. The normalized spacial score (nSPS) is 11.6. The molecule has 0 spiro atoms. The average Bonchev–Trinajstić information content (AvgIpc) is 2.32. The Morgan fingerprint density at radius 2 is 1.50 bits per heavy atom. The van der Waals surface area contributed by atoms with E-state index in [1.807, 2.05) is 19.1 Å². The lowest BCUT2D eigenvalue weighted by atomic mass is 10.1. The van der Waals surface area contributed by atoms with Crippen molar-refractivity contribution in [3.05, 3.63) is 59.2 Å². The van der Waals surface area contributed by atoms with Crippen molar-refractivity contribution in [3.63, 3.8) is 0 Å². The molecule has 94 valence electrons. The van der Waals surface area contributed by atoms with E-state index in [0.717, 1.165) is 11.1 Å². The Morgan fingerprint density at radius 3 is 2.06 bits per heavy atom. The zero-order valence-corrected chi connectivity index (χ0v) is 10.3. The van der Waals surface area contributed by atoms with Gasteiger partial charge in [-0.25, -0.2) is 9.97 Å². The molecule has 0 atom stereocenters. The molecular weight excluding hydrogens is 234 g/mol. The smallest absolute Gasteiger partial charge is 0.235 e. The van der Waals surface area contributed by atoms with Crippen molar-refractivity contribution in [1.29, 1.82) is 0 Å². The molecule has 0 aliphatic rings. The van der Waals surface area contributed by atoms with Crippen LogP contribution in [-0.4, -0.2) is 9.97 Å². The lowest BCUT2D eigenvalue weighted by Gasteiger charge is -2.14. The van der Waals surface area contributed by atoms with Gasteiger partial charge < -0.3 is 0 Å². The Kier molecular flexibility index (Phi) is 3.36. The van der Waals surface area contributed by atoms with Gasteiger partial charge in [-0.2, -0.15) is 8.78 Å². The summed E-state index contributed by atoms with van der Waals surface area (Å²) in [6, 6.07) is 7.05. The Morgan fingerprint density at radius 1 is 0.944 bits per heavy atom. The Bertz CT molecular complexity index is 518. The van der Waals surface area contributed by atoms with Crippen molar-refractivity contribution in [2.75, 3.05) is 0 Å². The first-order chi connectivity index (χ1) is 8.47. The summed E-state index contributed by atoms with van der Waals surface area (Å²) >= 11 is 0. The van der Waals surface area contributed by atoms with Gasteiger partial charge in [-0.05, 0) is 25.0 Å². The fourth-order valence-electron chi connectivity index (χ4n) is 1.62. The summed E-state index contributed by atoms with van der Waals surface area (Å²) in [7, 11) is 0. The van der Waals surface area contributed by atoms with Crippen LogP contribution in [0, 0.1) is 13.8 Å². The second-order valence-electron chi connectivity index (χ2n) is 4.45. The molecule has 0 unspecified atom stereocenters. The zero-order chi connectivity index (χ0) is 13.2. The van der Waals surface area contributed by atoms with E-state index in [-0.39, 0.29) is 6.42 Å². The fourth-order valence-corrected chi connectivity index (χ4v) is 1.62. The zero-order valence-electron chi connectivity index (χ0n) is 10.3. The van der Waals surface area contributed by atoms with Gasteiger partial charge >= 0.3 is 5.92 Å². The molecule has 2 nitrogen and oxygen atoms in total. The van der Waals surface area contributed by atoms with Gasteiger partial charge in [0.15, 0.2) is 5.82 Å². The molecule has 1 aromatic heterocycles. The van der Waals surface area contributed by atoms with Crippen LogP contribution in [0.25, 0.3) is 0 Å². The molecule has 0 aliphatic heterocycles. The maximum Gasteiger partial charge on any atom is 0.310 e. The van der Waals surface area contributed by atoms with Crippen molar-refractivity contribution in [2.45, 2.75) is 26.2 Å².